The molecule has 1 aliphatic rings. The second kappa shape index (κ2) is 4.92. The van der Waals surface area contributed by atoms with Gasteiger partial charge in [0.2, 0.25) is 0 Å². The maximum absolute atomic E-state index is 10.5. The molecular weight excluding hydrogens is 256 g/mol. The van der Waals surface area contributed by atoms with Crippen LogP contribution < -0.4 is 0 Å². The van der Waals surface area contributed by atoms with Crippen LogP contribution in [0.4, 0.5) is 0 Å². The number of nitrogens with one attached hydrogen (secondary N) is 1. The summed E-state index contributed by atoms with van der Waals surface area (Å²) < 4.78 is 5.41. The number of nitrogens with zero attached hydrogens (tertiary/aromatic N) is 1. The number of likely N-dealkylation sites (tertiary alicyclic amines) is 1. The van der Waals surface area contributed by atoms with Crippen molar-refractivity contribution < 1.29 is 14.6 Å². The van der Waals surface area contributed by atoms with Crippen LogP contribution in [0, 0.1) is 0 Å². The first kappa shape index (κ1) is 13.1. The van der Waals surface area contributed by atoms with Crippen molar-refractivity contribution in [3.05, 3.63) is 36.0 Å². The van der Waals surface area contributed by atoms with Crippen LogP contribution in [0.15, 0.2) is 30.5 Å². The number of carboxylic acid groups (broad SMARTS) is 1. The lowest BCUT2D eigenvalue weighted by Gasteiger charge is -2.47. The predicted octanol–water partition coefficient (Wildman–Crippen LogP) is 1.84. The summed E-state index contributed by atoms with van der Waals surface area (Å²) >= 11 is 0. The number of hydrogen-bond acceptors (Lipinski definition) is 3. The molecule has 0 radical (unpaired) electrons. The van der Waals surface area contributed by atoms with E-state index in [2.05, 4.69) is 22.0 Å². The minimum absolute atomic E-state index is 0.225. The number of H-pyrrole nitrogens is 1. The molecule has 0 unspecified atom stereocenters. The molecule has 1 aliphatic heterocycles. The third-order valence-corrected chi connectivity index (χ3v) is 3.73. The molecule has 2 N–H and O–H groups in total. The third kappa shape index (κ3) is 2.55. The molecule has 3 rings (SSSR count). The molecule has 1 saturated heterocycles. The van der Waals surface area contributed by atoms with E-state index in [1.54, 1.807) is 0 Å². The highest BCUT2D eigenvalue weighted by atomic mass is 16.5. The molecule has 1 fully saturated rings. The van der Waals surface area contributed by atoms with Crippen LogP contribution in [-0.4, -0.2) is 46.3 Å². The molecule has 106 valence electrons. The molecule has 0 atom stereocenters. The van der Waals surface area contributed by atoms with E-state index in [1.807, 2.05) is 25.3 Å². The minimum Gasteiger partial charge on any atom is -0.480 e. The third-order valence-electron chi connectivity index (χ3n) is 3.73. The lowest BCUT2D eigenvalue weighted by Crippen LogP contribution is -2.61. The lowest BCUT2D eigenvalue weighted by molar-refractivity contribution is -0.165. The highest BCUT2D eigenvalue weighted by Crippen LogP contribution is 2.28. The van der Waals surface area contributed by atoms with Gasteiger partial charge in [0.05, 0.1) is 5.60 Å². The van der Waals surface area contributed by atoms with Crippen molar-refractivity contribution in [2.24, 2.45) is 0 Å². The highest BCUT2D eigenvalue weighted by Gasteiger charge is 2.40. The van der Waals surface area contributed by atoms with Gasteiger partial charge in [-0.3, -0.25) is 4.90 Å². The van der Waals surface area contributed by atoms with Crippen molar-refractivity contribution in [1.29, 1.82) is 0 Å². The topological polar surface area (TPSA) is 65.6 Å². The Kier molecular flexibility index (Phi) is 3.23. The van der Waals surface area contributed by atoms with Crippen LogP contribution in [0.25, 0.3) is 10.9 Å². The summed E-state index contributed by atoms with van der Waals surface area (Å²) in [4.78, 5) is 16.1. The van der Waals surface area contributed by atoms with Gasteiger partial charge in [0.15, 0.2) is 0 Å². The molecule has 2 heterocycles. The number of benzene rings is 1. The quantitative estimate of drug-likeness (QED) is 0.873. The second-order valence-electron chi connectivity index (χ2n) is 5.64. The van der Waals surface area contributed by atoms with Crippen LogP contribution in [0.5, 0.6) is 0 Å². The molecular formula is C15H18N2O3. The number of aliphatic carboxylic acids is 1. The Labute approximate surface area is 117 Å². The number of rotatable bonds is 5. The molecule has 0 saturated carbocycles. The second-order valence-corrected chi connectivity index (χ2v) is 5.64. The van der Waals surface area contributed by atoms with E-state index < -0.39 is 5.97 Å². The Balaban J connectivity index is 1.60. The van der Waals surface area contributed by atoms with E-state index >= 15 is 0 Å². The largest absolute Gasteiger partial charge is 0.480 e. The number of carbonyl (C=O) groups is 1. The number of ether oxygens (including phenoxy) is 1. The van der Waals surface area contributed by atoms with Gasteiger partial charge >= 0.3 is 5.97 Å². The van der Waals surface area contributed by atoms with E-state index in [0.29, 0.717) is 0 Å². The average molecular weight is 274 g/mol. The van der Waals surface area contributed by atoms with Gasteiger partial charge in [-0.15, -0.1) is 0 Å². The first-order valence-electron chi connectivity index (χ1n) is 6.69. The van der Waals surface area contributed by atoms with Crippen molar-refractivity contribution in [2.45, 2.75) is 19.1 Å². The Morgan fingerprint density at radius 1 is 1.45 bits per heavy atom. The van der Waals surface area contributed by atoms with E-state index in [-0.39, 0.29) is 12.2 Å². The summed E-state index contributed by atoms with van der Waals surface area (Å²) in [5.41, 5.74) is 2.08. The molecule has 2 aromatic rings. The maximum atomic E-state index is 10.5. The zero-order valence-corrected chi connectivity index (χ0v) is 11.4. The molecule has 20 heavy (non-hydrogen) atoms. The van der Waals surface area contributed by atoms with Gasteiger partial charge in [0.25, 0.3) is 0 Å². The number of hydrogen-bond donors (Lipinski definition) is 2. The van der Waals surface area contributed by atoms with Crippen LogP contribution in [-0.2, 0) is 16.1 Å². The Morgan fingerprint density at radius 3 is 2.95 bits per heavy atom. The SMILES string of the molecule is CC1(OCC(=O)O)CN(Cc2c[nH]c3ccccc23)C1. The Morgan fingerprint density at radius 2 is 2.20 bits per heavy atom. The van der Waals surface area contributed by atoms with Gasteiger partial charge < -0.3 is 14.8 Å². The fraction of sp³-hybridized carbons (Fsp3) is 0.400. The molecule has 0 spiro atoms. The zero-order valence-electron chi connectivity index (χ0n) is 11.4. The molecule has 5 nitrogen and oxygen atoms in total. The molecule has 0 amide bonds. The first-order chi connectivity index (χ1) is 9.56. The normalized spacial score (nSPS) is 18.1. The number of para-hydroxylation sites is 1. The number of aromatic nitrogens is 1. The standard InChI is InChI=1S/C15H18N2O3/c1-15(20-8-14(18)19)9-17(10-15)7-11-6-16-13-5-3-2-4-12(11)13/h2-6,16H,7-10H2,1H3,(H,18,19). The average Bonchev–Trinajstić information content (AvgIpc) is 2.78. The van der Waals surface area contributed by atoms with Gasteiger partial charge in [0, 0.05) is 36.7 Å². The first-order valence-corrected chi connectivity index (χ1v) is 6.69. The number of aromatic amines is 1. The molecule has 0 bridgehead atoms. The summed E-state index contributed by atoms with van der Waals surface area (Å²) in [6.07, 6.45) is 2.04. The van der Waals surface area contributed by atoms with E-state index in [1.165, 1.54) is 10.9 Å². The summed E-state index contributed by atoms with van der Waals surface area (Å²) in [5, 5.41) is 9.89. The van der Waals surface area contributed by atoms with Crippen molar-refractivity contribution in [3.63, 3.8) is 0 Å². The maximum Gasteiger partial charge on any atom is 0.329 e. The van der Waals surface area contributed by atoms with Crippen LogP contribution >= 0.6 is 0 Å². The monoisotopic (exact) mass is 274 g/mol. The van der Waals surface area contributed by atoms with E-state index in [4.69, 9.17) is 9.84 Å². The van der Waals surface area contributed by atoms with Gasteiger partial charge in [-0.05, 0) is 18.6 Å². The number of fused-ring (bicyclic) bond motifs is 1. The van der Waals surface area contributed by atoms with Gasteiger partial charge in [-0.25, -0.2) is 4.79 Å². The highest BCUT2D eigenvalue weighted by molar-refractivity contribution is 5.82. The fourth-order valence-corrected chi connectivity index (χ4v) is 2.84. The Hall–Kier alpha value is -1.85. The minimum atomic E-state index is -0.915. The summed E-state index contributed by atoms with van der Waals surface area (Å²) in [7, 11) is 0. The Bertz CT molecular complexity index is 629. The lowest BCUT2D eigenvalue weighted by atomic mass is 9.95. The summed E-state index contributed by atoms with van der Waals surface area (Å²) in [5.74, 6) is -0.915. The van der Waals surface area contributed by atoms with Crippen LogP contribution in [0.1, 0.15) is 12.5 Å². The van der Waals surface area contributed by atoms with Crippen molar-refractivity contribution in [3.8, 4) is 0 Å². The van der Waals surface area contributed by atoms with Crippen molar-refractivity contribution in [1.82, 2.24) is 9.88 Å². The molecule has 0 aliphatic carbocycles. The zero-order chi connectivity index (χ0) is 14.2. The van der Waals surface area contributed by atoms with Crippen LogP contribution in [0.2, 0.25) is 0 Å². The van der Waals surface area contributed by atoms with Crippen molar-refractivity contribution in [2.75, 3.05) is 19.7 Å². The van der Waals surface area contributed by atoms with Crippen LogP contribution in [0.3, 0.4) is 0 Å². The summed E-state index contributed by atoms with van der Waals surface area (Å²) in [6, 6.07) is 8.23. The molecule has 1 aromatic carbocycles. The molecule has 1 aromatic heterocycles. The number of carboxylic acids is 1. The van der Waals surface area contributed by atoms with Gasteiger partial charge in [-0.1, -0.05) is 18.2 Å². The van der Waals surface area contributed by atoms with Crippen molar-refractivity contribution >= 4 is 16.9 Å². The van der Waals surface area contributed by atoms with Gasteiger partial charge in [-0.2, -0.15) is 0 Å². The molecule has 5 heteroatoms. The summed E-state index contributed by atoms with van der Waals surface area (Å²) in [6.45, 7) is 4.12. The van der Waals surface area contributed by atoms with E-state index in [0.717, 1.165) is 25.2 Å². The predicted molar refractivity (Wildman–Crippen MR) is 75.6 cm³/mol. The van der Waals surface area contributed by atoms with Gasteiger partial charge in [0.1, 0.15) is 6.61 Å². The smallest absolute Gasteiger partial charge is 0.329 e. The fourth-order valence-electron chi connectivity index (χ4n) is 2.84. The van der Waals surface area contributed by atoms with E-state index in [9.17, 15) is 4.79 Å².